The topological polar surface area (TPSA) is 64.6 Å². The van der Waals surface area contributed by atoms with Crippen molar-refractivity contribution in [3.8, 4) is 0 Å². The SMILES string of the molecule is C=CCOC(=O)Nc1ccc(C(=O)OCC)cc1. The number of carbonyl (C=O) groups is 2. The van der Waals surface area contributed by atoms with E-state index in [1.807, 2.05) is 0 Å². The number of anilines is 1. The number of hydrogen-bond acceptors (Lipinski definition) is 4. The molecule has 0 atom stereocenters. The summed E-state index contributed by atoms with van der Waals surface area (Å²) in [6.45, 7) is 5.64. The molecule has 18 heavy (non-hydrogen) atoms. The predicted molar refractivity (Wildman–Crippen MR) is 67.6 cm³/mol. The molecule has 0 saturated carbocycles. The van der Waals surface area contributed by atoms with Crippen LogP contribution in [-0.4, -0.2) is 25.3 Å². The Morgan fingerprint density at radius 3 is 2.50 bits per heavy atom. The molecule has 1 aromatic carbocycles. The molecule has 0 fully saturated rings. The first-order chi connectivity index (χ1) is 8.67. The van der Waals surface area contributed by atoms with Crippen molar-refractivity contribution in [2.75, 3.05) is 18.5 Å². The average molecular weight is 249 g/mol. The van der Waals surface area contributed by atoms with Crippen LogP contribution in [0.3, 0.4) is 0 Å². The third kappa shape index (κ3) is 4.29. The van der Waals surface area contributed by atoms with E-state index in [1.54, 1.807) is 31.2 Å². The Bertz CT molecular complexity index is 425. The number of esters is 1. The maximum absolute atomic E-state index is 11.4. The molecule has 1 rings (SSSR count). The number of hydrogen-bond donors (Lipinski definition) is 1. The van der Waals surface area contributed by atoms with Crippen molar-refractivity contribution >= 4 is 17.7 Å². The van der Waals surface area contributed by atoms with Gasteiger partial charge in [0.25, 0.3) is 0 Å². The zero-order valence-corrected chi connectivity index (χ0v) is 10.1. The number of amides is 1. The Balaban J connectivity index is 2.57. The van der Waals surface area contributed by atoms with Crippen LogP contribution < -0.4 is 5.32 Å². The minimum absolute atomic E-state index is 0.146. The molecule has 0 bridgehead atoms. The van der Waals surface area contributed by atoms with E-state index in [0.29, 0.717) is 17.9 Å². The van der Waals surface area contributed by atoms with Crippen molar-refractivity contribution in [3.05, 3.63) is 42.5 Å². The Labute approximate surface area is 105 Å². The van der Waals surface area contributed by atoms with E-state index >= 15 is 0 Å². The van der Waals surface area contributed by atoms with Crippen LogP contribution >= 0.6 is 0 Å². The van der Waals surface area contributed by atoms with E-state index in [0.717, 1.165) is 0 Å². The molecule has 0 saturated heterocycles. The van der Waals surface area contributed by atoms with Crippen LogP contribution in [0.25, 0.3) is 0 Å². The van der Waals surface area contributed by atoms with Gasteiger partial charge in [0.05, 0.1) is 12.2 Å². The molecular formula is C13H15NO4. The molecule has 0 aliphatic heterocycles. The first kappa shape index (κ1) is 13.8. The van der Waals surface area contributed by atoms with Gasteiger partial charge >= 0.3 is 12.1 Å². The van der Waals surface area contributed by atoms with Gasteiger partial charge in [-0.05, 0) is 31.2 Å². The Kier molecular flexibility index (Phi) is 5.44. The minimum atomic E-state index is -0.571. The van der Waals surface area contributed by atoms with Gasteiger partial charge in [0, 0.05) is 5.69 Å². The first-order valence-corrected chi connectivity index (χ1v) is 5.49. The van der Waals surface area contributed by atoms with Crippen molar-refractivity contribution in [2.24, 2.45) is 0 Å². The molecule has 0 spiro atoms. The summed E-state index contributed by atoms with van der Waals surface area (Å²) >= 11 is 0. The second-order valence-electron chi connectivity index (χ2n) is 3.31. The van der Waals surface area contributed by atoms with Gasteiger partial charge in [0.1, 0.15) is 6.61 Å². The first-order valence-electron chi connectivity index (χ1n) is 5.49. The molecule has 5 heteroatoms. The van der Waals surface area contributed by atoms with Crippen LogP contribution in [0.2, 0.25) is 0 Å². The van der Waals surface area contributed by atoms with Gasteiger partial charge in [0.2, 0.25) is 0 Å². The Morgan fingerprint density at radius 1 is 1.28 bits per heavy atom. The van der Waals surface area contributed by atoms with Gasteiger partial charge in [-0.25, -0.2) is 9.59 Å². The summed E-state index contributed by atoms with van der Waals surface area (Å²) in [5, 5.41) is 2.51. The number of ether oxygens (including phenoxy) is 2. The summed E-state index contributed by atoms with van der Waals surface area (Å²) in [4.78, 5) is 22.6. The second kappa shape index (κ2) is 7.11. The molecular weight excluding hydrogens is 234 g/mol. The van der Waals surface area contributed by atoms with E-state index < -0.39 is 12.1 Å². The Hall–Kier alpha value is -2.30. The number of carbonyl (C=O) groups excluding carboxylic acids is 2. The standard InChI is InChI=1S/C13H15NO4/c1-3-9-18-13(16)14-11-7-5-10(6-8-11)12(15)17-4-2/h3,5-8H,1,4,9H2,2H3,(H,14,16). The van der Waals surface area contributed by atoms with Crippen molar-refractivity contribution in [1.29, 1.82) is 0 Å². The summed E-state index contributed by atoms with van der Waals surface area (Å²) in [6, 6.07) is 6.34. The molecule has 0 aliphatic carbocycles. The fourth-order valence-electron chi connectivity index (χ4n) is 1.19. The van der Waals surface area contributed by atoms with E-state index in [-0.39, 0.29) is 6.61 Å². The van der Waals surface area contributed by atoms with Crippen molar-refractivity contribution in [3.63, 3.8) is 0 Å². The van der Waals surface area contributed by atoms with Gasteiger partial charge in [-0.2, -0.15) is 0 Å². The molecule has 0 unspecified atom stereocenters. The third-order valence-corrected chi connectivity index (χ3v) is 1.97. The highest BCUT2D eigenvalue weighted by atomic mass is 16.5. The largest absolute Gasteiger partial charge is 0.462 e. The summed E-state index contributed by atoms with van der Waals surface area (Å²) < 4.78 is 9.59. The molecule has 0 radical (unpaired) electrons. The van der Waals surface area contributed by atoms with Crippen LogP contribution in [0.15, 0.2) is 36.9 Å². The predicted octanol–water partition coefficient (Wildman–Crippen LogP) is 2.60. The van der Waals surface area contributed by atoms with Crippen LogP contribution in [-0.2, 0) is 9.47 Å². The molecule has 96 valence electrons. The summed E-state index contributed by atoms with van der Waals surface area (Å²) in [5.41, 5.74) is 0.971. The maximum atomic E-state index is 11.4. The smallest absolute Gasteiger partial charge is 0.411 e. The van der Waals surface area contributed by atoms with E-state index in [9.17, 15) is 9.59 Å². The molecule has 0 aliphatic rings. The molecule has 1 aromatic rings. The number of rotatable bonds is 5. The molecule has 1 amide bonds. The molecule has 5 nitrogen and oxygen atoms in total. The molecule has 0 heterocycles. The fraction of sp³-hybridized carbons (Fsp3) is 0.231. The summed E-state index contributed by atoms with van der Waals surface area (Å²) in [6.07, 6.45) is 0.905. The number of nitrogens with one attached hydrogen (secondary N) is 1. The molecule has 1 N–H and O–H groups in total. The van der Waals surface area contributed by atoms with Gasteiger partial charge in [-0.1, -0.05) is 12.7 Å². The van der Waals surface area contributed by atoms with Gasteiger partial charge in [-0.3, -0.25) is 5.32 Å². The van der Waals surface area contributed by atoms with Crippen LogP contribution in [0, 0.1) is 0 Å². The van der Waals surface area contributed by atoms with Crippen LogP contribution in [0.5, 0.6) is 0 Å². The zero-order valence-electron chi connectivity index (χ0n) is 10.1. The normalized spacial score (nSPS) is 9.39. The zero-order chi connectivity index (χ0) is 13.4. The lowest BCUT2D eigenvalue weighted by molar-refractivity contribution is 0.0526. The van der Waals surface area contributed by atoms with Gasteiger partial charge in [-0.15, -0.1) is 0 Å². The van der Waals surface area contributed by atoms with Crippen LogP contribution in [0.1, 0.15) is 17.3 Å². The summed E-state index contributed by atoms with van der Waals surface area (Å²) in [7, 11) is 0. The lowest BCUT2D eigenvalue weighted by atomic mass is 10.2. The Morgan fingerprint density at radius 2 is 1.94 bits per heavy atom. The second-order valence-corrected chi connectivity index (χ2v) is 3.31. The average Bonchev–Trinajstić information content (AvgIpc) is 2.37. The number of benzene rings is 1. The molecule has 0 aromatic heterocycles. The van der Waals surface area contributed by atoms with Crippen molar-refractivity contribution < 1.29 is 19.1 Å². The quantitative estimate of drug-likeness (QED) is 0.643. The van der Waals surface area contributed by atoms with Crippen molar-refractivity contribution in [1.82, 2.24) is 0 Å². The lowest BCUT2D eigenvalue weighted by Crippen LogP contribution is -2.13. The van der Waals surface area contributed by atoms with Crippen molar-refractivity contribution in [2.45, 2.75) is 6.92 Å². The van der Waals surface area contributed by atoms with Gasteiger partial charge < -0.3 is 9.47 Å². The third-order valence-electron chi connectivity index (χ3n) is 1.97. The van der Waals surface area contributed by atoms with Gasteiger partial charge in [0.15, 0.2) is 0 Å². The van der Waals surface area contributed by atoms with E-state index in [1.165, 1.54) is 6.08 Å². The summed E-state index contributed by atoms with van der Waals surface area (Å²) in [5.74, 6) is -0.390. The highest BCUT2D eigenvalue weighted by Crippen LogP contribution is 2.10. The fourth-order valence-corrected chi connectivity index (χ4v) is 1.19. The lowest BCUT2D eigenvalue weighted by Gasteiger charge is -2.06. The van der Waals surface area contributed by atoms with E-state index in [2.05, 4.69) is 11.9 Å². The highest BCUT2D eigenvalue weighted by Gasteiger charge is 2.07. The highest BCUT2D eigenvalue weighted by molar-refractivity contribution is 5.91. The minimum Gasteiger partial charge on any atom is -0.462 e. The monoisotopic (exact) mass is 249 g/mol. The maximum Gasteiger partial charge on any atom is 0.411 e. The van der Waals surface area contributed by atoms with Crippen LogP contribution in [0.4, 0.5) is 10.5 Å². The van der Waals surface area contributed by atoms with E-state index in [4.69, 9.17) is 9.47 Å².